The molecule has 0 aromatic heterocycles. The molecule has 8 nitrogen and oxygen atoms in total. The standard InChI is InChI=1S/C26H34F3N5O3/c1-15-6-7-17(16(2)8-15)12-31-13-21(24(37)34-25(3,4)5)33-22(35)14-32-23(36)18-9-19(26(27,28)29)11-20(30)10-18/h6-11,21,31H,12-14,30H2,1-5H3,(H,32,36)(H,33,35)(H,34,37). The molecule has 1 unspecified atom stereocenters. The van der Waals surface area contributed by atoms with Crippen molar-refractivity contribution in [2.45, 2.75) is 58.9 Å². The van der Waals surface area contributed by atoms with Crippen molar-refractivity contribution in [1.82, 2.24) is 21.3 Å². The van der Waals surface area contributed by atoms with Crippen molar-refractivity contribution in [3.63, 3.8) is 0 Å². The normalized spacial score (nSPS) is 12.5. The number of nitrogens with two attached hydrogens (primary N) is 1. The van der Waals surface area contributed by atoms with E-state index in [2.05, 4.69) is 21.3 Å². The lowest BCUT2D eigenvalue weighted by atomic mass is 10.1. The molecule has 202 valence electrons. The molecular weight excluding hydrogens is 487 g/mol. The lowest BCUT2D eigenvalue weighted by Gasteiger charge is -2.26. The smallest absolute Gasteiger partial charge is 0.399 e. The maximum absolute atomic E-state index is 13.0. The fourth-order valence-corrected chi connectivity index (χ4v) is 3.52. The van der Waals surface area contributed by atoms with Gasteiger partial charge in [0.2, 0.25) is 11.8 Å². The number of hydrogen-bond donors (Lipinski definition) is 5. The summed E-state index contributed by atoms with van der Waals surface area (Å²) in [6, 6.07) is 7.50. The molecular formula is C26H34F3N5O3. The van der Waals surface area contributed by atoms with Crippen LogP contribution in [-0.2, 0) is 22.3 Å². The second kappa shape index (κ2) is 12.1. The van der Waals surface area contributed by atoms with Crippen LogP contribution in [0.15, 0.2) is 36.4 Å². The average molecular weight is 522 g/mol. The van der Waals surface area contributed by atoms with E-state index in [1.165, 1.54) is 0 Å². The first-order valence-corrected chi connectivity index (χ1v) is 11.7. The molecule has 3 amide bonds. The van der Waals surface area contributed by atoms with Gasteiger partial charge in [-0.2, -0.15) is 13.2 Å². The molecule has 0 saturated heterocycles. The first-order chi connectivity index (χ1) is 17.0. The monoisotopic (exact) mass is 521 g/mol. The summed E-state index contributed by atoms with van der Waals surface area (Å²) in [5.74, 6) is -2.02. The Hall–Kier alpha value is -3.60. The maximum atomic E-state index is 13.0. The fraction of sp³-hybridized carbons (Fsp3) is 0.423. The minimum absolute atomic E-state index is 0.110. The Kier molecular flexibility index (Phi) is 9.68. The van der Waals surface area contributed by atoms with E-state index in [1.807, 2.05) is 32.0 Å². The summed E-state index contributed by atoms with van der Waals surface area (Å²) < 4.78 is 39.0. The highest BCUT2D eigenvalue weighted by atomic mass is 19.4. The summed E-state index contributed by atoms with van der Waals surface area (Å²) in [5, 5.41) is 10.8. The molecule has 0 saturated carbocycles. The molecule has 11 heteroatoms. The van der Waals surface area contributed by atoms with Crippen LogP contribution in [0.3, 0.4) is 0 Å². The number of benzene rings is 2. The number of rotatable bonds is 9. The fourth-order valence-electron chi connectivity index (χ4n) is 3.52. The number of hydrogen-bond acceptors (Lipinski definition) is 5. The van der Waals surface area contributed by atoms with Gasteiger partial charge in [-0.15, -0.1) is 0 Å². The highest BCUT2D eigenvalue weighted by Gasteiger charge is 2.32. The summed E-state index contributed by atoms with van der Waals surface area (Å²) in [6.07, 6.45) is -4.68. The molecule has 2 rings (SSSR count). The second-order valence-corrected chi connectivity index (χ2v) is 9.94. The van der Waals surface area contributed by atoms with E-state index in [9.17, 15) is 27.6 Å². The van der Waals surface area contributed by atoms with Crippen LogP contribution in [0.5, 0.6) is 0 Å². The quantitative estimate of drug-likeness (QED) is 0.325. The van der Waals surface area contributed by atoms with Crippen molar-refractivity contribution in [2.75, 3.05) is 18.8 Å². The van der Waals surface area contributed by atoms with Gasteiger partial charge in [0, 0.05) is 29.9 Å². The van der Waals surface area contributed by atoms with Crippen LogP contribution in [-0.4, -0.2) is 42.4 Å². The van der Waals surface area contributed by atoms with Crippen LogP contribution in [0.4, 0.5) is 18.9 Å². The van der Waals surface area contributed by atoms with E-state index < -0.39 is 47.6 Å². The van der Waals surface area contributed by atoms with Crippen LogP contribution in [0.2, 0.25) is 0 Å². The first-order valence-electron chi connectivity index (χ1n) is 11.7. The molecule has 6 N–H and O–H groups in total. The van der Waals surface area contributed by atoms with Gasteiger partial charge in [-0.3, -0.25) is 14.4 Å². The zero-order chi connectivity index (χ0) is 28.0. The molecule has 0 fully saturated rings. The molecule has 0 bridgehead atoms. The third-order valence-corrected chi connectivity index (χ3v) is 5.27. The number of nitrogens with one attached hydrogen (secondary N) is 4. The number of alkyl halides is 3. The van der Waals surface area contributed by atoms with E-state index in [4.69, 9.17) is 5.73 Å². The number of carbonyl (C=O) groups excluding carboxylic acids is 3. The predicted molar refractivity (Wildman–Crippen MR) is 136 cm³/mol. The molecule has 1 atom stereocenters. The van der Waals surface area contributed by atoms with Gasteiger partial charge in [-0.1, -0.05) is 23.8 Å². The SMILES string of the molecule is Cc1ccc(CNCC(NC(=O)CNC(=O)c2cc(N)cc(C(F)(F)F)c2)C(=O)NC(C)(C)C)c(C)c1. The van der Waals surface area contributed by atoms with Gasteiger partial charge in [-0.05, 0) is 63.9 Å². The Labute approximate surface area is 214 Å². The molecule has 0 spiro atoms. The first kappa shape index (κ1) is 29.6. The van der Waals surface area contributed by atoms with Gasteiger partial charge < -0.3 is 27.0 Å². The predicted octanol–water partition coefficient (Wildman–Crippen LogP) is 2.82. The van der Waals surface area contributed by atoms with E-state index >= 15 is 0 Å². The molecule has 0 aliphatic heterocycles. The van der Waals surface area contributed by atoms with Gasteiger partial charge in [0.1, 0.15) is 6.04 Å². The Morgan fingerprint density at radius 3 is 2.27 bits per heavy atom. The van der Waals surface area contributed by atoms with Crippen molar-refractivity contribution < 1.29 is 27.6 Å². The molecule has 2 aromatic rings. The van der Waals surface area contributed by atoms with E-state index in [1.54, 1.807) is 20.8 Å². The highest BCUT2D eigenvalue weighted by Crippen LogP contribution is 2.31. The highest BCUT2D eigenvalue weighted by molar-refractivity contribution is 5.98. The molecule has 0 radical (unpaired) electrons. The minimum Gasteiger partial charge on any atom is -0.399 e. The Bertz CT molecular complexity index is 1140. The van der Waals surface area contributed by atoms with Gasteiger partial charge in [0.25, 0.3) is 5.91 Å². The van der Waals surface area contributed by atoms with E-state index in [-0.39, 0.29) is 17.8 Å². The van der Waals surface area contributed by atoms with Gasteiger partial charge >= 0.3 is 6.18 Å². The van der Waals surface area contributed by atoms with Crippen molar-refractivity contribution in [2.24, 2.45) is 0 Å². The Morgan fingerprint density at radius 1 is 1.00 bits per heavy atom. The van der Waals surface area contributed by atoms with E-state index in [0.717, 1.165) is 22.8 Å². The summed E-state index contributed by atoms with van der Waals surface area (Å²) in [7, 11) is 0. The van der Waals surface area contributed by atoms with E-state index in [0.29, 0.717) is 18.7 Å². The van der Waals surface area contributed by atoms with Crippen molar-refractivity contribution in [1.29, 1.82) is 0 Å². The second-order valence-electron chi connectivity index (χ2n) is 9.94. The van der Waals surface area contributed by atoms with Gasteiger partial charge in [0.05, 0.1) is 12.1 Å². The summed E-state index contributed by atoms with van der Waals surface area (Å²) in [4.78, 5) is 37.7. The van der Waals surface area contributed by atoms with Gasteiger partial charge in [-0.25, -0.2) is 0 Å². The summed E-state index contributed by atoms with van der Waals surface area (Å²) in [5.41, 5.74) is 6.56. The third-order valence-electron chi connectivity index (χ3n) is 5.27. The zero-order valence-electron chi connectivity index (χ0n) is 21.6. The molecule has 37 heavy (non-hydrogen) atoms. The number of halogens is 3. The maximum Gasteiger partial charge on any atom is 0.416 e. The summed E-state index contributed by atoms with van der Waals surface area (Å²) >= 11 is 0. The lowest BCUT2D eigenvalue weighted by Crippen LogP contribution is -2.56. The van der Waals surface area contributed by atoms with Gasteiger partial charge in [0.15, 0.2) is 0 Å². The third kappa shape index (κ3) is 9.76. The van der Waals surface area contributed by atoms with Crippen molar-refractivity contribution in [3.05, 3.63) is 64.2 Å². The summed E-state index contributed by atoms with van der Waals surface area (Å²) in [6.45, 7) is 9.40. The molecule has 0 heterocycles. The number of anilines is 1. The molecule has 0 aliphatic carbocycles. The molecule has 0 aliphatic rings. The van der Waals surface area contributed by atoms with Crippen LogP contribution >= 0.6 is 0 Å². The van der Waals surface area contributed by atoms with Crippen LogP contribution < -0.4 is 27.0 Å². The van der Waals surface area contributed by atoms with Crippen LogP contribution in [0.25, 0.3) is 0 Å². The van der Waals surface area contributed by atoms with Crippen LogP contribution in [0.1, 0.15) is 53.4 Å². The molecule has 2 aromatic carbocycles. The minimum atomic E-state index is -4.68. The Morgan fingerprint density at radius 2 is 1.68 bits per heavy atom. The number of nitrogen functional groups attached to an aromatic ring is 1. The average Bonchev–Trinajstić information content (AvgIpc) is 2.76. The number of amides is 3. The topological polar surface area (TPSA) is 125 Å². The lowest BCUT2D eigenvalue weighted by molar-refractivity contribution is -0.137. The zero-order valence-corrected chi connectivity index (χ0v) is 21.6. The largest absolute Gasteiger partial charge is 0.416 e. The van der Waals surface area contributed by atoms with Crippen molar-refractivity contribution in [3.8, 4) is 0 Å². The van der Waals surface area contributed by atoms with Crippen LogP contribution in [0, 0.1) is 13.8 Å². The number of carbonyl (C=O) groups is 3. The van der Waals surface area contributed by atoms with Crippen molar-refractivity contribution >= 4 is 23.4 Å². The Balaban J connectivity index is 2.03. The number of aryl methyl sites for hydroxylation is 2.